The van der Waals surface area contributed by atoms with E-state index in [1.54, 1.807) is 16.2 Å². The zero-order valence-corrected chi connectivity index (χ0v) is 14.5. The van der Waals surface area contributed by atoms with E-state index in [-0.39, 0.29) is 18.8 Å². The number of imidazole rings is 1. The van der Waals surface area contributed by atoms with Gasteiger partial charge in [0.15, 0.2) is 0 Å². The minimum Gasteiger partial charge on any atom is -0.490 e. The Morgan fingerprint density at radius 1 is 0.962 bits per heavy atom. The molecule has 132 valence electrons. The van der Waals surface area contributed by atoms with Gasteiger partial charge in [0.05, 0.1) is 17.6 Å². The molecule has 0 amide bonds. The number of benzene rings is 3. The predicted octanol–water partition coefficient (Wildman–Crippen LogP) is 2.93. The lowest BCUT2D eigenvalue weighted by molar-refractivity contribution is 0.0932. The summed E-state index contributed by atoms with van der Waals surface area (Å²) in [5, 5.41) is 12.5. The monoisotopic (exact) mass is 348 g/mol. The summed E-state index contributed by atoms with van der Waals surface area (Å²) in [6.07, 6.45) is -0.794. The van der Waals surface area contributed by atoms with Gasteiger partial charge in [-0.2, -0.15) is 0 Å². The molecule has 0 aliphatic rings. The SMILES string of the molecule is Cn1c(=O)n(C[C@H](O)COc2cccc3ccccc23)c2ccccc21. The second-order valence-corrected chi connectivity index (χ2v) is 6.38. The van der Waals surface area contributed by atoms with Crippen LogP contribution in [-0.4, -0.2) is 27.0 Å². The second kappa shape index (κ2) is 6.69. The molecule has 0 saturated heterocycles. The highest BCUT2D eigenvalue weighted by atomic mass is 16.5. The standard InChI is InChI=1S/C21H20N2O3/c1-22-18-10-4-5-11-19(18)23(21(22)25)13-16(24)14-26-20-12-6-8-15-7-2-3-9-17(15)20/h2-12,16,24H,13-14H2,1H3/t16-/m0/s1. The van der Waals surface area contributed by atoms with Gasteiger partial charge in [0.2, 0.25) is 0 Å². The average Bonchev–Trinajstić information content (AvgIpc) is 2.91. The maximum Gasteiger partial charge on any atom is 0.328 e. The molecule has 4 rings (SSSR count). The number of aromatic nitrogens is 2. The van der Waals surface area contributed by atoms with E-state index in [4.69, 9.17) is 4.74 Å². The first kappa shape index (κ1) is 16.4. The van der Waals surface area contributed by atoms with Crippen molar-refractivity contribution in [1.82, 2.24) is 9.13 Å². The number of nitrogens with zero attached hydrogens (tertiary/aromatic N) is 2. The molecule has 0 fully saturated rings. The van der Waals surface area contributed by atoms with Gasteiger partial charge < -0.3 is 9.84 Å². The molecule has 0 saturated carbocycles. The van der Waals surface area contributed by atoms with E-state index in [9.17, 15) is 9.90 Å². The molecule has 0 unspecified atom stereocenters. The van der Waals surface area contributed by atoms with Crippen molar-refractivity contribution in [2.24, 2.45) is 7.05 Å². The Morgan fingerprint density at radius 3 is 2.50 bits per heavy atom. The summed E-state index contributed by atoms with van der Waals surface area (Å²) in [6.45, 7) is 0.300. The number of aryl methyl sites for hydroxylation is 1. The molecule has 1 atom stereocenters. The van der Waals surface area contributed by atoms with Gasteiger partial charge in [0.25, 0.3) is 0 Å². The number of hydrogen-bond donors (Lipinski definition) is 1. The van der Waals surface area contributed by atoms with Crippen LogP contribution in [0, 0.1) is 0 Å². The molecule has 26 heavy (non-hydrogen) atoms. The molecular formula is C21H20N2O3. The van der Waals surface area contributed by atoms with E-state index in [0.29, 0.717) is 0 Å². The van der Waals surface area contributed by atoms with Crippen LogP contribution in [0.15, 0.2) is 71.5 Å². The first-order valence-corrected chi connectivity index (χ1v) is 8.58. The van der Waals surface area contributed by atoms with Crippen LogP contribution in [0.2, 0.25) is 0 Å². The first-order chi connectivity index (χ1) is 12.6. The van der Waals surface area contributed by atoms with Crippen molar-refractivity contribution in [2.75, 3.05) is 6.61 Å². The molecule has 1 N–H and O–H groups in total. The quantitative estimate of drug-likeness (QED) is 0.603. The van der Waals surface area contributed by atoms with Gasteiger partial charge in [-0.05, 0) is 23.6 Å². The topological polar surface area (TPSA) is 56.4 Å². The minimum absolute atomic E-state index is 0.115. The Labute approximate surface area is 150 Å². The molecule has 1 heterocycles. The van der Waals surface area contributed by atoms with E-state index in [1.807, 2.05) is 66.7 Å². The third-order valence-corrected chi connectivity index (χ3v) is 4.63. The molecule has 5 heteroatoms. The predicted molar refractivity (Wildman–Crippen MR) is 103 cm³/mol. The highest BCUT2D eigenvalue weighted by Gasteiger charge is 2.14. The lowest BCUT2D eigenvalue weighted by atomic mass is 10.1. The van der Waals surface area contributed by atoms with Crippen LogP contribution < -0.4 is 10.4 Å². The summed E-state index contributed by atoms with van der Waals surface area (Å²) in [6, 6.07) is 21.4. The zero-order chi connectivity index (χ0) is 18.1. The van der Waals surface area contributed by atoms with Crippen LogP contribution >= 0.6 is 0 Å². The van der Waals surface area contributed by atoms with Gasteiger partial charge >= 0.3 is 5.69 Å². The molecule has 0 aliphatic heterocycles. The molecule has 4 aromatic rings. The third kappa shape index (κ3) is 2.86. The Kier molecular flexibility index (Phi) is 4.22. The minimum atomic E-state index is -0.794. The Balaban J connectivity index is 1.54. The maximum atomic E-state index is 12.4. The highest BCUT2D eigenvalue weighted by molar-refractivity contribution is 5.88. The Bertz CT molecular complexity index is 1120. The Hall–Kier alpha value is -3.05. The van der Waals surface area contributed by atoms with E-state index in [2.05, 4.69) is 0 Å². The van der Waals surface area contributed by atoms with Crippen LogP contribution in [0.4, 0.5) is 0 Å². The van der Waals surface area contributed by atoms with E-state index in [0.717, 1.165) is 27.6 Å². The smallest absolute Gasteiger partial charge is 0.328 e. The van der Waals surface area contributed by atoms with Gasteiger partial charge in [-0.1, -0.05) is 48.5 Å². The fourth-order valence-corrected chi connectivity index (χ4v) is 3.31. The summed E-state index contributed by atoms with van der Waals surface area (Å²) in [7, 11) is 1.74. The van der Waals surface area contributed by atoms with Crippen molar-refractivity contribution in [1.29, 1.82) is 0 Å². The normalized spacial score (nSPS) is 12.5. The number of aliphatic hydroxyl groups is 1. The van der Waals surface area contributed by atoms with Crippen LogP contribution in [0.1, 0.15) is 0 Å². The number of rotatable bonds is 5. The molecular weight excluding hydrogens is 328 g/mol. The molecule has 0 radical (unpaired) electrons. The van der Waals surface area contributed by atoms with Crippen molar-refractivity contribution >= 4 is 21.8 Å². The number of hydrogen-bond acceptors (Lipinski definition) is 3. The lowest BCUT2D eigenvalue weighted by Gasteiger charge is -2.14. The molecule has 0 bridgehead atoms. The number of aliphatic hydroxyl groups excluding tert-OH is 1. The zero-order valence-electron chi connectivity index (χ0n) is 14.5. The number of ether oxygens (including phenoxy) is 1. The summed E-state index contributed by atoms with van der Waals surface area (Å²) in [5.41, 5.74) is 1.51. The van der Waals surface area contributed by atoms with E-state index in [1.165, 1.54) is 0 Å². The van der Waals surface area contributed by atoms with Gasteiger partial charge in [-0.15, -0.1) is 0 Å². The molecule has 1 aromatic heterocycles. The number of fused-ring (bicyclic) bond motifs is 2. The fourth-order valence-electron chi connectivity index (χ4n) is 3.31. The maximum absolute atomic E-state index is 12.4. The van der Waals surface area contributed by atoms with Crippen LogP contribution in [0.5, 0.6) is 5.75 Å². The van der Waals surface area contributed by atoms with E-state index < -0.39 is 6.10 Å². The highest BCUT2D eigenvalue weighted by Crippen LogP contribution is 2.25. The van der Waals surface area contributed by atoms with E-state index >= 15 is 0 Å². The molecule has 0 aliphatic carbocycles. The van der Waals surface area contributed by atoms with Crippen LogP contribution in [0.3, 0.4) is 0 Å². The largest absolute Gasteiger partial charge is 0.490 e. The van der Waals surface area contributed by atoms with Gasteiger partial charge in [-0.3, -0.25) is 9.13 Å². The van der Waals surface area contributed by atoms with Crippen LogP contribution in [0.25, 0.3) is 21.8 Å². The average molecular weight is 348 g/mol. The van der Waals surface area contributed by atoms with Crippen molar-refractivity contribution in [3.8, 4) is 5.75 Å². The molecule has 3 aromatic carbocycles. The van der Waals surface area contributed by atoms with Crippen molar-refractivity contribution < 1.29 is 9.84 Å². The summed E-state index contributed by atoms with van der Waals surface area (Å²) in [5.74, 6) is 0.729. The summed E-state index contributed by atoms with van der Waals surface area (Å²) >= 11 is 0. The lowest BCUT2D eigenvalue weighted by Crippen LogP contribution is -2.30. The summed E-state index contributed by atoms with van der Waals surface area (Å²) < 4.78 is 9.02. The van der Waals surface area contributed by atoms with Crippen molar-refractivity contribution in [3.05, 3.63) is 77.2 Å². The summed E-state index contributed by atoms with van der Waals surface area (Å²) in [4.78, 5) is 12.4. The van der Waals surface area contributed by atoms with Crippen LogP contribution in [-0.2, 0) is 13.6 Å². The van der Waals surface area contributed by atoms with Gasteiger partial charge in [0.1, 0.15) is 18.5 Å². The fraction of sp³-hybridized carbons (Fsp3) is 0.190. The first-order valence-electron chi connectivity index (χ1n) is 8.58. The van der Waals surface area contributed by atoms with Crippen molar-refractivity contribution in [2.45, 2.75) is 12.6 Å². The van der Waals surface area contributed by atoms with Crippen molar-refractivity contribution in [3.63, 3.8) is 0 Å². The molecule has 5 nitrogen and oxygen atoms in total. The number of para-hydroxylation sites is 2. The molecule has 0 spiro atoms. The Morgan fingerprint density at radius 2 is 1.65 bits per heavy atom. The van der Waals surface area contributed by atoms with Gasteiger partial charge in [-0.25, -0.2) is 4.79 Å². The third-order valence-electron chi connectivity index (χ3n) is 4.63. The van der Waals surface area contributed by atoms with Gasteiger partial charge in [0, 0.05) is 12.4 Å². The second-order valence-electron chi connectivity index (χ2n) is 6.38.